The number of aromatic nitrogens is 3. The Morgan fingerprint density at radius 1 is 1.32 bits per heavy atom. The van der Waals surface area contributed by atoms with Crippen molar-refractivity contribution in [3.63, 3.8) is 0 Å². The molecule has 0 aliphatic carbocycles. The van der Waals surface area contributed by atoms with E-state index in [-0.39, 0.29) is 17.4 Å². The molecule has 0 bridgehead atoms. The first-order valence-corrected chi connectivity index (χ1v) is 7.97. The molecule has 1 N–H and O–H groups in total. The summed E-state index contributed by atoms with van der Waals surface area (Å²) < 4.78 is 46.1. The predicted molar refractivity (Wildman–Crippen MR) is 87.7 cm³/mol. The summed E-state index contributed by atoms with van der Waals surface area (Å²) in [5, 5.41) is 10.2. The van der Waals surface area contributed by atoms with Gasteiger partial charge in [-0.15, -0.1) is 0 Å². The van der Waals surface area contributed by atoms with E-state index in [2.05, 4.69) is 15.0 Å². The molecule has 0 atom stereocenters. The van der Waals surface area contributed by atoms with Crippen molar-refractivity contribution in [1.82, 2.24) is 14.5 Å². The van der Waals surface area contributed by atoms with Gasteiger partial charge in [0.15, 0.2) is 5.13 Å². The number of rotatable bonds is 5. The quantitative estimate of drug-likeness (QED) is 0.553. The third-order valence-corrected chi connectivity index (χ3v) is 4.27. The van der Waals surface area contributed by atoms with Crippen molar-refractivity contribution in [1.29, 1.82) is 0 Å². The molecule has 0 amide bonds. The van der Waals surface area contributed by atoms with E-state index in [0.717, 1.165) is 17.6 Å². The molecule has 0 aliphatic heterocycles. The number of thiazole rings is 1. The van der Waals surface area contributed by atoms with E-state index in [0.29, 0.717) is 21.4 Å². The van der Waals surface area contributed by atoms with Crippen molar-refractivity contribution in [2.45, 2.75) is 6.18 Å². The molecule has 1 aromatic carbocycles. The molecule has 6 nitrogen and oxygen atoms in total. The van der Waals surface area contributed by atoms with Gasteiger partial charge in [0, 0.05) is 7.11 Å². The SMILES string of the molecule is COCCN=Cc1nc(C(F)(F)F)n(-c2nc3ccccc3s2)c1O. The third-order valence-electron chi connectivity index (χ3n) is 3.24. The van der Waals surface area contributed by atoms with Crippen molar-refractivity contribution in [3.8, 4) is 11.0 Å². The van der Waals surface area contributed by atoms with Gasteiger partial charge in [0.2, 0.25) is 11.7 Å². The van der Waals surface area contributed by atoms with E-state index in [4.69, 9.17) is 4.74 Å². The van der Waals surface area contributed by atoms with Crippen LogP contribution >= 0.6 is 11.3 Å². The van der Waals surface area contributed by atoms with Crippen LogP contribution in [0.3, 0.4) is 0 Å². The first-order chi connectivity index (χ1) is 11.9. The molecule has 0 radical (unpaired) electrons. The molecule has 10 heteroatoms. The van der Waals surface area contributed by atoms with E-state index >= 15 is 0 Å². The number of imidazole rings is 1. The van der Waals surface area contributed by atoms with Gasteiger partial charge in [0.25, 0.3) is 0 Å². The van der Waals surface area contributed by atoms with Gasteiger partial charge in [0.05, 0.1) is 29.6 Å². The number of methoxy groups -OCH3 is 1. The average molecular weight is 370 g/mol. The van der Waals surface area contributed by atoms with Crippen LogP contribution in [0.25, 0.3) is 15.3 Å². The average Bonchev–Trinajstić information content (AvgIpc) is 3.12. The minimum absolute atomic E-state index is 0.0185. The highest BCUT2D eigenvalue weighted by Gasteiger charge is 2.40. The van der Waals surface area contributed by atoms with Crippen LogP contribution in [-0.2, 0) is 10.9 Å². The van der Waals surface area contributed by atoms with Crippen LogP contribution in [-0.4, -0.2) is 46.1 Å². The van der Waals surface area contributed by atoms with E-state index in [1.54, 1.807) is 24.3 Å². The molecule has 3 aromatic rings. The smallest absolute Gasteiger partial charge is 0.450 e. The number of nitrogens with zero attached hydrogens (tertiary/aromatic N) is 4. The van der Waals surface area contributed by atoms with Crippen molar-refractivity contribution in [2.75, 3.05) is 20.3 Å². The lowest BCUT2D eigenvalue weighted by atomic mass is 10.3. The summed E-state index contributed by atoms with van der Waals surface area (Å²) in [5.41, 5.74) is 0.265. The summed E-state index contributed by atoms with van der Waals surface area (Å²) >= 11 is 1.03. The van der Waals surface area contributed by atoms with Crippen molar-refractivity contribution in [2.24, 2.45) is 4.99 Å². The van der Waals surface area contributed by atoms with Crippen molar-refractivity contribution in [3.05, 3.63) is 35.8 Å². The maximum atomic E-state index is 13.3. The standard InChI is InChI=1S/C15H13F3N4O2S/c1-24-7-6-19-8-10-12(23)22(13(20-10)15(16,17)18)14-21-9-4-2-3-5-11(9)25-14/h2-5,8,23H,6-7H2,1H3. The summed E-state index contributed by atoms with van der Waals surface area (Å²) in [6, 6.07) is 6.92. The Morgan fingerprint density at radius 2 is 2.08 bits per heavy atom. The molecule has 2 aromatic heterocycles. The molecule has 0 aliphatic rings. The van der Waals surface area contributed by atoms with Gasteiger partial charge in [-0.3, -0.25) is 4.99 Å². The van der Waals surface area contributed by atoms with Gasteiger partial charge >= 0.3 is 6.18 Å². The number of benzene rings is 1. The maximum Gasteiger partial charge on any atom is 0.450 e. The fourth-order valence-corrected chi connectivity index (χ4v) is 3.11. The molecular weight excluding hydrogens is 357 g/mol. The summed E-state index contributed by atoms with van der Waals surface area (Å²) in [6.07, 6.45) is -3.67. The van der Waals surface area contributed by atoms with E-state index in [1.807, 2.05) is 0 Å². The number of hydrogen-bond donors (Lipinski definition) is 1. The van der Waals surface area contributed by atoms with Gasteiger partial charge in [-0.05, 0) is 12.1 Å². The number of para-hydroxylation sites is 1. The summed E-state index contributed by atoms with van der Waals surface area (Å²) in [4.78, 5) is 11.5. The second kappa shape index (κ2) is 6.81. The highest BCUT2D eigenvalue weighted by molar-refractivity contribution is 7.20. The Morgan fingerprint density at radius 3 is 2.76 bits per heavy atom. The fraction of sp³-hybridized carbons (Fsp3) is 0.267. The lowest BCUT2D eigenvalue weighted by molar-refractivity contribution is -0.146. The Kier molecular flexibility index (Phi) is 4.73. The van der Waals surface area contributed by atoms with Gasteiger partial charge in [0.1, 0.15) is 5.69 Å². The highest BCUT2D eigenvalue weighted by Crippen LogP contribution is 2.37. The number of aromatic hydroxyl groups is 1. The minimum atomic E-state index is -4.76. The van der Waals surface area contributed by atoms with E-state index in [1.165, 1.54) is 7.11 Å². The van der Waals surface area contributed by atoms with Gasteiger partial charge in [-0.2, -0.15) is 13.2 Å². The van der Waals surface area contributed by atoms with Crippen molar-refractivity contribution >= 4 is 27.8 Å². The van der Waals surface area contributed by atoms with E-state index in [9.17, 15) is 18.3 Å². The molecule has 0 saturated carbocycles. The third kappa shape index (κ3) is 3.49. The number of ether oxygens (including phenoxy) is 1. The predicted octanol–water partition coefficient (Wildman–Crippen LogP) is 3.27. The Bertz CT molecular complexity index is 884. The molecule has 0 spiro atoms. The summed E-state index contributed by atoms with van der Waals surface area (Å²) in [7, 11) is 1.48. The minimum Gasteiger partial charge on any atom is -0.493 e. The molecule has 0 fully saturated rings. The second-order valence-electron chi connectivity index (χ2n) is 4.97. The molecule has 0 unspecified atom stereocenters. The van der Waals surface area contributed by atoms with Crippen LogP contribution < -0.4 is 0 Å². The largest absolute Gasteiger partial charge is 0.493 e. The topological polar surface area (TPSA) is 72.5 Å². The molecule has 25 heavy (non-hydrogen) atoms. The number of halogens is 3. The molecule has 3 rings (SSSR count). The number of fused-ring (bicyclic) bond motifs is 1. The summed E-state index contributed by atoms with van der Waals surface area (Å²) in [5.74, 6) is -1.91. The Balaban J connectivity index is 2.10. The van der Waals surface area contributed by atoms with Crippen LogP contribution in [0, 0.1) is 0 Å². The first-order valence-electron chi connectivity index (χ1n) is 7.15. The number of hydrogen-bond acceptors (Lipinski definition) is 6. The Labute approximate surface area is 144 Å². The van der Waals surface area contributed by atoms with E-state index < -0.39 is 17.9 Å². The molecule has 0 saturated heterocycles. The zero-order chi connectivity index (χ0) is 18.0. The molecule has 2 heterocycles. The highest BCUT2D eigenvalue weighted by atomic mass is 32.1. The maximum absolute atomic E-state index is 13.3. The number of aliphatic imine (C=N–C) groups is 1. The lowest BCUT2D eigenvalue weighted by Crippen LogP contribution is -2.13. The van der Waals surface area contributed by atoms with Gasteiger partial charge < -0.3 is 9.84 Å². The molecule has 132 valence electrons. The normalized spacial score (nSPS) is 12.5. The van der Waals surface area contributed by atoms with Crippen LogP contribution in [0.1, 0.15) is 11.5 Å². The monoisotopic (exact) mass is 370 g/mol. The zero-order valence-corrected chi connectivity index (χ0v) is 13.8. The molecular formula is C15H13F3N4O2S. The Hall–Kier alpha value is -2.46. The van der Waals surface area contributed by atoms with Gasteiger partial charge in [-0.25, -0.2) is 14.5 Å². The van der Waals surface area contributed by atoms with Crippen LogP contribution in [0.15, 0.2) is 29.3 Å². The van der Waals surface area contributed by atoms with Crippen LogP contribution in [0.2, 0.25) is 0 Å². The van der Waals surface area contributed by atoms with Crippen molar-refractivity contribution < 1.29 is 23.0 Å². The van der Waals surface area contributed by atoms with Gasteiger partial charge in [-0.1, -0.05) is 23.5 Å². The fourth-order valence-electron chi connectivity index (χ4n) is 2.14. The number of alkyl halides is 3. The lowest BCUT2D eigenvalue weighted by Gasteiger charge is -2.07. The second-order valence-corrected chi connectivity index (χ2v) is 5.98. The summed E-state index contributed by atoms with van der Waals surface area (Å²) in [6.45, 7) is 0.549. The zero-order valence-electron chi connectivity index (χ0n) is 13.0. The van der Waals surface area contributed by atoms with Crippen LogP contribution in [0.4, 0.5) is 13.2 Å². The van der Waals surface area contributed by atoms with Crippen LogP contribution in [0.5, 0.6) is 5.88 Å². The first kappa shape index (κ1) is 17.4.